The molecule has 0 aliphatic heterocycles. The molecule has 0 aliphatic carbocycles. The van der Waals surface area contributed by atoms with Crippen molar-refractivity contribution in [2.75, 3.05) is 17.8 Å². The normalized spacial score (nSPS) is 12.9. The Hall–Kier alpha value is -1.74. The molecule has 1 N–H and O–H groups in total. The second-order valence-corrected chi connectivity index (χ2v) is 11.3. The van der Waals surface area contributed by atoms with Gasteiger partial charge < -0.3 is 0 Å². The van der Waals surface area contributed by atoms with Crippen molar-refractivity contribution in [2.24, 2.45) is 0 Å². The highest BCUT2D eigenvalue weighted by molar-refractivity contribution is 7.93. The highest BCUT2D eigenvalue weighted by atomic mass is 35.5. The van der Waals surface area contributed by atoms with Crippen molar-refractivity contribution in [1.29, 1.82) is 0 Å². The average Bonchev–Trinajstić information content (AvgIpc) is 2.51. The number of aromatic nitrogens is 4. The lowest BCUT2D eigenvalue weighted by atomic mass is 10.3. The van der Waals surface area contributed by atoms with Crippen molar-refractivity contribution in [3.63, 3.8) is 0 Å². The van der Waals surface area contributed by atoms with Crippen molar-refractivity contribution in [2.45, 2.75) is 17.1 Å². The molecule has 0 aromatic carbocycles. The van der Waals surface area contributed by atoms with Crippen LogP contribution in [0.15, 0.2) is 22.4 Å². The summed E-state index contributed by atoms with van der Waals surface area (Å²) in [6.07, 6.45) is 1.89. The molecule has 0 amide bonds. The van der Waals surface area contributed by atoms with Crippen LogP contribution in [0, 0.1) is 6.92 Å². The Morgan fingerprint density at radius 3 is 2.22 bits per heavy atom. The van der Waals surface area contributed by atoms with E-state index in [0.29, 0.717) is 0 Å². The Kier molecular flexibility index (Phi) is 5.87. The van der Waals surface area contributed by atoms with E-state index < -0.39 is 51.5 Å². The average molecular weight is 457 g/mol. The summed E-state index contributed by atoms with van der Waals surface area (Å²) in [6.45, 7) is 1.44. The van der Waals surface area contributed by atoms with Crippen LogP contribution in [0.25, 0.3) is 11.5 Å². The molecule has 0 spiro atoms. The monoisotopic (exact) mass is 456 g/mol. The predicted octanol–water partition coefficient (Wildman–Crippen LogP) is -0.0396. The van der Waals surface area contributed by atoms with Gasteiger partial charge in [0.2, 0.25) is 15.0 Å². The number of hydrogen-bond acceptors (Lipinski definition) is 10. The zero-order valence-corrected chi connectivity index (χ0v) is 17.1. The third kappa shape index (κ3) is 5.62. The van der Waals surface area contributed by atoms with Gasteiger partial charge in [0.25, 0.3) is 10.1 Å². The van der Waals surface area contributed by atoms with Crippen LogP contribution in [0.2, 0.25) is 5.02 Å². The Morgan fingerprint density at radius 2 is 1.67 bits per heavy atom. The van der Waals surface area contributed by atoms with Crippen LogP contribution in [0.1, 0.15) is 5.69 Å². The number of nitrogens with zero attached hydrogens (tertiary/aromatic N) is 4. The van der Waals surface area contributed by atoms with Crippen LogP contribution < -0.4 is 0 Å². The van der Waals surface area contributed by atoms with Crippen LogP contribution in [-0.4, -0.2) is 67.5 Å². The summed E-state index contributed by atoms with van der Waals surface area (Å²) in [5, 5.41) is -1.19. The molecule has 0 fully saturated rings. The standard InChI is InChI=1S/C12H13ClN4O7S3/c1-7-5-9(26(20,21)3-4-27(22,23)24)16-11(15-7)10-8(13)6-14-12(17-10)25(2,18)19/h5-6H,3-4H2,1-2H3,(H,22,23,24). The summed E-state index contributed by atoms with van der Waals surface area (Å²) in [4.78, 5) is 15.2. The van der Waals surface area contributed by atoms with Crippen LogP contribution in [-0.2, 0) is 29.8 Å². The Morgan fingerprint density at radius 1 is 1.04 bits per heavy atom. The third-order valence-electron chi connectivity index (χ3n) is 3.02. The van der Waals surface area contributed by atoms with Crippen LogP contribution in [0.3, 0.4) is 0 Å². The number of hydrogen-bond donors (Lipinski definition) is 1. The van der Waals surface area contributed by atoms with Crippen LogP contribution >= 0.6 is 11.6 Å². The van der Waals surface area contributed by atoms with E-state index in [9.17, 15) is 25.3 Å². The maximum Gasteiger partial charge on any atom is 0.265 e. The first-order valence-electron chi connectivity index (χ1n) is 6.95. The van der Waals surface area contributed by atoms with Gasteiger partial charge in [-0.2, -0.15) is 8.42 Å². The zero-order valence-electron chi connectivity index (χ0n) is 13.9. The summed E-state index contributed by atoms with van der Waals surface area (Å²) < 4.78 is 78.2. The van der Waals surface area contributed by atoms with Crippen molar-refractivity contribution >= 4 is 41.4 Å². The minimum atomic E-state index is -4.50. The molecule has 0 aliphatic rings. The quantitative estimate of drug-likeness (QED) is 0.350. The van der Waals surface area contributed by atoms with Crippen molar-refractivity contribution in [3.8, 4) is 11.5 Å². The summed E-state index contributed by atoms with van der Waals surface area (Å²) in [7, 11) is -12.5. The van der Waals surface area contributed by atoms with Gasteiger partial charge in [0, 0.05) is 11.9 Å². The molecule has 0 bridgehead atoms. The largest absolute Gasteiger partial charge is 0.286 e. The first kappa shape index (κ1) is 21.6. The van der Waals surface area contributed by atoms with E-state index in [1.54, 1.807) is 0 Å². The van der Waals surface area contributed by atoms with Crippen molar-refractivity contribution in [3.05, 3.63) is 23.0 Å². The highest BCUT2D eigenvalue weighted by Gasteiger charge is 2.23. The van der Waals surface area contributed by atoms with Gasteiger partial charge in [0.1, 0.15) is 5.69 Å². The Labute approximate surface area is 160 Å². The topological polar surface area (TPSA) is 174 Å². The first-order chi connectivity index (χ1) is 12.2. The van der Waals surface area contributed by atoms with Crippen molar-refractivity contribution < 1.29 is 29.8 Å². The zero-order chi connectivity index (χ0) is 20.6. The van der Waals surface area contributed by atoms with Crippen molar-refractivity contribution in [1.82, 2.24) is 19.9 Å². The molecule has 0 unspecified atom stereocenters. The molecule has 2 rings (SSSR count). The minimum Gasteiger partial charge on any atom is -0.286 e. The minimum absolute atomic E-state index is 0.116. The van der Waals surface area contributed by atoms with E-state index in [1.807, 2.05) is 0 Å². The lowest BCUT2D eigenvalue weighted by molar-refractivity contribution is 0.484. The predicted molar refractivity (Wildman–Crippen MR) is 94.4 cm³/mol. The lowest BCUT2D eigenvalue weighted by Gasteiger charge is -2.08. The lowest BCUT2D eigenvalue weighted by Crippen LogP contribution is -2.18. The Bertz CT molecular complexity index is 1210. The Balaban J connectivity index is 2.59. The molecule has 2 heterocycles. The van der Waals surface area contributed by atoms with Gasteiger partial charge in [-0.05, 0) is 13.0 Å². The maximum atomic E-state index is 12.3. The highest BCUT2D eigenvalue weighted by Crippen LogP contribution is 2.25. The molecular weight excluding hydrogens is 444 g/mol. The smallest absolute Gasteiger partial charge is 0.265 e. The van der Waals surface area contributed by atoms with Crippen LogP contribution in [0.4, 0.5) is 0 Å². The van der Waals surface area contributed by atoms with E-state index in [1.165, 1.54) is 6.92 Å². The first-order valence-corrected chi connectivity index (χ1v) is 12.5. The number of halogens is 1. The number of rotatable bonds is 6. The summed E-state index contributed by atoms with van der Waals surface area (Å²) in [5.74, 6) is -2.20. The second-order valence-electron chi connectivity index (χ2n) is 5.40. The maximum absolute atomic E-state index is 12.3. The molecule has 2 aromatic heterocycles. The summed E-state index contributed by atoms with van der Waals surface area (Å²) in [5.41, 5.74) is -0.0250. The summed E-state index contributed by atoms with van der Waals surface area (Å²) in [6, 6.07) is 1.09. The molecule has 27 heavy (non-hydrogen) atoms. The number of sulfone groups is 2. The van der Waals surface area contributed by atoms with Gasteiger partial charge in [-0.1, -0.05) is 11.6 Å². The summed E-state index contributed by atoms with van der Waals surface area (Å²) >= 11 is 5.96. The molecule has 148 valence electrons. The van der Waals surface area contributed by atoms with Gasteiger partial charge in [0.15, 0.2) is 20.7 Å². The second kappa shape index (κ2) is 7.35. The molecule has 0 saturated carbocycles. The fraction of sp³-hybridized carbons (Fsp3) is 0.333. The van der Waals surface area contributed by atoms with E-state index in [4.69, 9.17) is 16.2 Å². The molecule has 15 heteroatoms. The molecule has 2 aromatic rings. The van der Waals surface area contributed by atoms with E-state index in [2.05, 4.69) is 19.9 Å². The fourth-order valence-corrected chi connectivity index (χ4v) is 4.99. The SMILES string of the molecule is Cc1cc(S(=O)(=O)CCS(=O)(=O)O)nc(-c2nc(S(C)(=O)=O)ncc2Cl)n1. The molecule has 0 atom stereocenters. The van der Waals surface area contributed by atoms with Gasteiger partial charge in [-0.3, -0.25) is 4.55 Å². The van der Waals surface area contributed by atoms with E-state index >= 15 is 0 Å². The van der Waals surface area contributed by atoms with Crippen LogP contribution in [0.5, 0.6) is 0 Å². The molecular formula is C12H13ClN4O7S3. The van der Waals surface area contributed by atoms with Gasteiger partial charge in [-0.25, -0.2) is 36.8 Å². The van der Waals surface area contributed by atoms with Gasteiger partial charge >= 0.3 is 0 Å². The molecule has 11 nitrogen and oxygen atoms in total. The molecule has 0 radical (unpaired) electrons. The number of aryl methyl sites for hydroxylation is 1. The van der Waals surface area contributed by atoms with Gasteiger partial charge in [0.05, 0.1) is 22.7 Å². The van der Waals surface area contributed by atoms with Gasteiger partial charge in [-0.15, -0.1) is 0 Å². The van der Waals surface area contributed by atoms with E-state index in [-0.39, 0.29) is 22.2 Å². The van der Waals surface area contributed by atoms with E-state index in [0.717, 1.165) is 18.5 Å². The third-order valence-corrected chi connectivity index (χ3v) is 6.73. The fourth-order valence-electron chi connectivity index (χ4n) is 1.81. The molecule has 0 saturated heterocycles.